The molecule has 0 spiro atoms. The molecule has 1 N–H and O–H groups in total. The van der Waals surface area contributed by atoms with Crippen LogP contribution in [0.3, 0.4) is 0 Å². The van der Waals surface area contributed by atoms with Crippen molar-refractivity contribution in [2.24, 2.45) is 0 Å². The summed E-state index contributed by atoms with van der Waals surface area (Å²) in [5.74, 6) is 0.574. The molecule has 1 amide bonds. The number of rotatable bonds is 6. The molecular formula is C17H23N5O2. The Bertz CT molecular complexity index is 683. The molecular weight excluding hydrogens is 306 g/mol. The van der Waals surface area contributed by atoms with E-state index in [9.17, 15) is 4.79 Å². The van der Waals surface area contributed by atoms with Crippen molar-refractivity contribution in [1.29, 1.82) is 0 Å². The third kappa shape index (κ3) is 3.73. The second-order valence-electron chi connectivity index (χ2n) is 5.94. The molecule has 0 aliphatic carbocycles. The summed E-state index contributed by atoms with van der Waals surface area (Å²) in [5, 5.41) is 7.26. The topological polar surface area (TPSA) is 72.3 Å². The van der Waals surface area contributed by atoms with Crippen LogP contribution in [0.25, 0.3) is 0 Å². The molecule has 128 valence electrons. The van der Waals surface area contributed by atoms with E-state index in [4.69, 9.17) is 4.74 Å². The standard InChI is InChI=1S/C17H23N5O2/c1-3-22-15(6-8-19-22)17(23)20-14-7-9-21(12-14)11-13-4-5-16(24-2)18-10-13/h4-6,8,10,14H,3,7,9,11-12H2,1-2H3,(H,20,23)/t14-/m0/s1. The van der Waals surface area contributed by atoms with Gasteiger partial charge < -0.3 is 10.1 Å². The monoisotopic (exact) mass is 329 g/mol. The maximum Gasteiger partial charge on any atom is 0.269 e. The Morgan fingerprint density at radius 1 is 1.42 bits per heavy atom. The van der Waals surface area contributed by atoms with Gasteiger partial charge in [-0.25, -0.2) is 4.98 Å². The predicted molar refractivity (Wildman–Crippen MR) is 89.8 cm³/mol. The molecule has 0 aromatic carbocycles. The first-order valence-electron chi connectivity index (χ1n) is 8.23. The normalized spacial score (nSPS) is 17.8. The van der Waals surface area contributed by atoms with Gasteiger partial charge in [0.25, 0.3) is 5.91 Å². The van der Waals surface area contributed by atoms with Crippen molar-refractivity contribution < 1.29 is 9.53 Å². The molecule has 3 heterocycles. The Labute approximate surface area is 141 Å². The largest absolute Gasteiger partial charge is 0.481 e. The molecule has 2 aromatic rings. The highest BCUT2D eigenvalue weighted by Crippen LogP contribution is 2.15. The van der Waals surface area contributed by atoms with Gasteiger partial charge in [-0.05, 0) is 25.0 Å². The number of aromatic nitrogens is 3. The number of aryl methyl sites for hydroxylation is 1. The third-order valence-corrected chi connectivity index (χ3v) is 4.27. The zero-order valence-electron chi connectivity index (χ0n) is 14.1. The zero-order valence-corrected chi connectivity index (χ0v) is 14.1. The summed E-state index contributed by atoms with van der Waals surface area (Å²) in [7, 11) is 1.61. The lowest BCUT2D eigenvalue weighted by atomic mass is 10.2. The van der Waals surface area contributed by atoms with Crippen LogP contribution < -0.4 is 10.1 Å². The van der Waals surface area contributed by atoms with Gasteiger partial charge in [-0.2, -0.15) is 5.10 Å². The minimum atomic E-state index is -0.0488. The number of amides is 1. The van der Waals surface area contributed by atoms with Crippen LogP contribution in [-0.2, 0) is 13.1 Å². The molecule has 1 atom stereocenters. The van der Waals surface area contributed by atoms with E-state index in [0.29, 0.717) is 18.1 Å². The zero-order chi connectivity index (χ0) is 16.9. The Kier molecular flexibility index (Phi) is 5.10. The van der Waals surface area contributed by atoms with Gasteiger partial charge in [0.1, 0.15) is 5.69 Å². The lowest BCUT2D eigenvalue weighted by Gasteiger charge is -2.17. The Hall–Kier alpha value is -2.41. The van der Waals surface area contributed by atoms with E-state index in [-0.39, 0.29) is 11.9 Å². The first kappa shape index (κ1) is 16.4. The average Bonchev–Trinajstić information content (AvgIpc) is 3.24. The number of hydrogen-bond acceptors (Lipinski definition) is 5. The van der Waals surface area contributed by atoms with Crippen molar-refractivity contribution in [2.45, 2.75) is 32.5 Å². The van der Waals surface area contributed by atoms with Crippen LogP contribution in [0.2, 0.25) is 0 Å². The smallest absolute Gasteiger partial charge is 0.269 e. The van der Waals surface area contributed by atoms with Gasteiger partial charge in [0.15, 0.2) is 0 Å². The Balaban J connectivity index is 1.52. The van der Waals surface area contributed by atoms with Crippen LogP contribution in [0, 0.1) is 0 Å². The molecule has 3 rings (SSSR count). The fourth-order valence-electron chi connectivity index (χ4n) is 3.01. The molecule has 0 saturated carbocycles. The average molecular weight is 329 g/mol. The number of ether oxygens (including phenoxy) is 1. The highest BCUT2D eigenvalue weighted by Gasteiger charge is 2.25. The highest BCUT2D eigenvalue weighted by molar-refractivity contribution is 5.92. The molecule has 7 heteroatoms. The number of nitrogens with one attached hydrogen (secondary N) is 1. The van der Waals surface area contributed by atoms with Crippen LogP contribution in [0.5, 0.6) is 5.88 Å². The van der Waals surface area contributed by atoms with Crippen LogP contribution in [0.1, 0.15) is 29.4 Å². The van der Waals surface area contributed by atoms with Gasteiger partial charge in [0.2, 0.25) is 5.88 Å². The van der Waals surface area contributed by atoms with E-state index in [1.807, 2.05) is 25.3 Å². The number of carbonyl (C=O) groups excluding carboxylic acids is 1. The summed E-state index contributed by atoms with van der Waals surface area (Å²) < 4.78 is 6.79. The Morgan fingerprint density at radius 3 is 3.00 bits per heavy atom. The lowest BCUT2D eigenvalue weighted by molar-refractivity contribution is 0.0927. The number of pyridine rings is 1. The van der Waals surface area contributed by atoms with E-state index in [1.54, 1.807) is 24.1 Å². The molecule has 1 fully saturated rings. The molecule has 0 radical (unpaired) electrons. The summed E-state index contributed by atoms with van der Waals surface area (Å²) in [6.07, 6.45) is 4.45. The minimum Gasteiger partial charge on any atom is -0.481 e. The SMILES string of the molecule is CCn1nccc1C(=O)N[C@H]1CCN(Cc2ccc(OC)nc2)C1. The molecule has 0 unspecified atom stereocenters. The van der Waals surface area contributed by atoms with Crippen molar-refractivity contribution in [3.8, 4) is 5.88 Å². The van der Waals surface area contributed by atoms with Gasteiger partial charge in [-0.1, -0.05) is 6.07 Å². The molecule has 24 heavy (non-hydrogen) atoms. The van der Waals surface area contributed by atoms with Crippen molar-refractivity contribution >= 4 is 5.91 Å². The second kappa shape index (κ2) is 7.44. The van der Waals surface area contributed by atoms with E-state index in [1.165, 1.54) is 0 Å². The van der Waals surface area contributed by atoms with Crippen molar-refractivity contribution in [1.82, 2.24) is 25.0 Å². The fraction of sp³-hybridized carbons (Fsp3) is 0.471. The number of carbonyl (C=O) groups is 1. The van der Waals surface area contributed by atoms with Gasteiger partial charge in [0, 0.05) is 50.7 Å². The molecule has 1 saturated heterocycles. The molecule has 1 aliphatic heterocycles. The van der Waals surface area contributed by atoms with Crippen LogP contribution >= 0.6 is 0 Å². The van der Waals surface area contributed by atoms with Gasteiger partial charge >= 0.3 is 0 Å². The molecule has 2 aromatic heterocycles. The summed E-state index contributed by atoms with van der Waals surface area (Å²) in [6, 6.07) is 5.83. The van der Waals surface area contributed by atoms with Crippen molar-refractivity contribution in [2.75, 3.05) is 20.2 Å². The first-order chi connectivity index (χ1) is 11.7. The van der Waals surface area contributed by atoms with E-state index >= 15 is 0 Å². The van der Waals surface area contributed by atoms with Gasteiger partial charge in [-0.3, -0.25) is 14.4 Å². The predicted octanol–water partition coefficient (Wildman–Crippen LogP) is 1.31. The Morgan fingerprint density at radius 2 is 2.29 bits per heavy atom. The van der Waals surface area contributed by atoms with Crippen LogP contribution in [-0.4, -0.2) is 51.8 Å². The number of hydrogen-bond donors (Lipinski definition) is 1. The summed E-state index contributed by atoms with van der Waals surface area (Å²) in [6.45, 7) is 5.30. The summed E-state index contributed by atoms with van der Waals surface area (Å²) >= 11 is 0. The first-order valence-corrected chi connectivity index (χ1v) is 8.23. The van der Waals surface area contributed by atoms with Crippen molar-refractivity contribution in [3.05, 3.63) is 41.9 Å². The minimum absolute atomic E-state index is 0.0488. The maximum absolute atomic E-state index is 12.4. The van der Waals surface area contributed by atoms with E-state index in [2.05, 4.69) is 20.3 Å². The summed E-state index contributed by atoms with van der Waals surface area (Å²) in [5.41, 5.74) is 1.77. The van der Waals surface area contributed by atoms with Crippen LogP contribution in [0.15, 0.2) is 30.6 Å². The van der Waals surface area contributed by atoms with Crippen LogP contribution in [0.4, 0.5) is 0 Å². The number of likely N-dealkylation sites (tertiary alicyclic amines) is 1. The van der Waals surface area contributed by atoms with Crippen molar-refractivity contribution in [3.63, 3.8) is 0 Å². The number of nitrogens with zero attached hydrogens (tertiary/aromatic N) is 4. The van der Waals surface area contributed by atoms with Gasteiger partial charge in [0.05, 0.1) is 7.11 Å². The third-order valence-electron chi connectivity index (χ3n) is 4.27. The van der Waals surface area contributed by atoms with E-state index in [0.717, 1.165) is 31.6 Å². The number of methoxy groups -OCH3 is 1. The fourth-order valence-corrected chi connectivity index (χ4v) is 3.01. The van der Waals surface area contributed by atoms with Gasteiger partial charge in [-0.15, -0.1) is 0 Å². The second-order valence-corrected chi connectivity index (χ2v) is 5.94. The van der Waals surface area contributed by atoms with E-state index < -0.39 is 0 Å². The molecule has 7 nitrogen and oxygen atoms in total. The quantitative estimate of drug-likeness (QED) is 0.865. The molecule has 1 aliphatic rings. The lowest BCUT2D eigenvalue weighted by Crippen LogP contribution is -2.38. The summed E-state index contributed by atoms with van der Waals surface area (Å²) in [4.78, 5) is 18.9. The maximum atomic E-state index is 12.4. The highest BCUT2D eigenvalue weighted by atomic mass is 16.5. The molecule has 0 bridgehead atoms.